The average Bonchev–Trinajstić information content (AvgIpc) is 2.99. The number of rotatable bonds is 13. The van der Waals surface area contributed by atoms with Gasteiger partial charge in [-0.3, -0.25) is 0 Å². The maximum atomic E-state index is 4.97. The molecule has 1 aromatic heterocycles. The summed E-state index contributed by atoms with van der Waals surface area (Å²) < 4.78 is 0. The molecule has 4 rings (SSSR count). The first-order chi connectivity index (χ1) is 19.0. The quantitative estimate of drug-likeness (QED) is 0.165. The Morgan fingerprint density at radius 1 is 0.487 bits per heavy atom. The van der Waals surface area contributed by atoms with Crippen LogP contribution in [0.3, 0.4) is 0 Å². The van der Waals surface area contributed by atoms with Gasteiger partial charge in [0.2, 0.25) is 0 Å². The summed E-state index contributed by atoms with van der Waals surface area (Å²) in [5.74, 6) is 2.16. The zero-order valence-corrected chi connectivity index (χ0v) is 24.6. The summed E-state index contributed by atoms with van der Waals surface area (Å²) in [6.07, 6.45) is 10.7. The van der Waals surface area contributed by atoms with Gasteiger partial charge in [-0.2, -0.15) is 0 Å². The van der Waals surface area contributed by atoms with Crippen molar-refractivity contribution in [2.75, 3.05) is 0 Å². The van der Waals surface area contributed by atoms with Crippen molar-refractivity contribution in [1.29, 1.82) is 0 Å². The first kappa shape index (κ1) is 28.7. The zero-order valence-electron chi connectivity index (χ0n) is 24.6. The van der Waals surface area contributed by atoms with Gasteiger partial charge in [0.1, 0.15) is 0 Å². The average molecular weight is 520 g/mol. The molecule has 0 amide bonds. The fourth-order valence-corrected chi connectivity index (χ4v) is 5.13. The Balaban J connectivity index is 1.70. The highest BCUT2D eigenvalue weighted by atomic mass is 15.0. The molecule has 0 saturated carbocycles. The number of hydrogen-bond acceptors (Lipinski definition) is 3. The Kier molecular flexibility index (Phi) is 10.0. The molecular formula is C36H45N3. The van der Waals surface area contributed by atoms with Crippen LogP contribution >= 0.6 is 0 Å². The van der Waals surface area contributed by atoms with Gasteiger partial charge < -0.3 is 0 Å². The second-order valence-corrected chi connectivity index (χ2v) is 11.1. The van der Waals surface area contributed by atoms with E-state index in [4.69, 9.17) is 15.0 Å². The van der Waals surface area contributed by atoms with E-state index in [9.17, 15) is 0 Å². The van der Waals surface area contributed by atoms with E-state index in [1.165, 1.54) is 42.4 Å². The summed E-state index contributed by atoms with van der Waals surface area (Å²) in [6, 6.07) is 26.3. The lowest BCUT2D eigenvalue weighted by Gasteiger charge is -2.27. The van der Waals surface area contributed by atoms with Gasteiger partial charge in [-0.15, -0.1) is 0 Å². The Morgan fingerprint density at radius 2 is 0.923 bits per heavy atom. The molecule has 0 bridgehead atoms. The molecule has 0 aliphatic rings. The summed E-state index contributed by atoms with van der Waals surface area (Å²) in [5, 5.41) is 0. The van der Waals surface area contributed by atoms with Crippen LogP contribution in [-0.4, -0.2) is 15.0 Å². The van der Waals surface area contributed by atoms with Crippen molar-refractivity contribution in [1.82, 2.24) is 15.0 Å². The number of benzene rings is 3. The summed E-state index contributed by atoms with van der Waals surface area (Å²) in [4.78, 5) is 14.9. The molecule has 3 aromatic carbocycles. The topological polar surface area (TPSA) is 38.7 Å². The van der Waals surface area contributed by atoms with E-state index >= 15 is 0 Å². The van der Waals surface area contributed by atoms with Crippen molar-refractivity contribution in [2.45, 2.75) is 97.8 Å². The van der Waals surface area contributed by atoms with Crippen molar-refractivity contribution in [3.8, 4) is 34.2 Å². The fourth-order valence-electron chi connectivity index (χ4n) is 5.13. The molecule has 0 spiro atoms. The minimum Gasteiger partial charge on any atom is -0.208 e. The van der Waals surface area contributed by atoms with Crippen LogP contribution in [0.15, 0.2) is 72.8 Å². The van der Waals surface area contributed by atoms with Crippen molar-refractivity contribution >= 4 is 0 Å². The Hall–Kier alpha value is -3.33. The molecule has 3 nitrogen and oxygen atoms in total. The number of nitrogens with zero attached hydrogens (tertiary/aromatic N) is 3. The smallest absolute Gasteiger partial charge is 0.164 e. The van der Waals surface area contributed by atoms with Gasteiger partial charge in [-0.05, 0) is 54.2 Å². The van der Waals surface area contributed by atoms with Crippen molar-refractivity contribution in [2.24, 2.45) is 0 Å². The molecular weight excluding hydrogens is 474 g/mol. The van der Waals surface area contributed by atoms with Crippen molar-refractivity contribution < 1.29 is 0 Å². The third-order valence-electron chi connectivity index (χ3n) is 8.32. The lowest BCUT2D eigenvalue weighted by molar-refractivity contribution is 0.439. The maximum Gasteiger partial charge on any atom is 0.164 e. The number of aromatic nitrogens is 3. The molecule has 0 atom stereocenters. The van der Waals surface area contributed by atoms with Crippen LogP contribution in [0.2, 0.25) is 0 Å². The molecule has 0 saturated heterocycles. The standard InChI is InChI=1S/C36H45N3/c1-6-10-11-12-14-28-17-21-30(22-18-28)34-37-33(29-19-15-27(13-7-2)16-20-29)38-35(39-34)31-23-25-32(26-24-31)36(5,8-3)9-4/h15-26H,6-14H2,1-5H3. The minimum absolute atomic E-state index is 0.187. The first-order valence-electron chi connectivity index (χ1n) is 15.0. The third kappa shape index (κ3) is 7.20. The highest BCUT2D eigenvalue weighted by Crippen LogP contribution is 2.32. The van der Waals surface area contributed by atoms with Crippen LogP contribution in [0.5, 0.6) is 0 Å². The molecule has 0 aliphatic carbocycles. The molecule has 39 heavy (non-hydrogen) atoms. The lowest BCUT2D eigenvalue weighted by Crippen LogP contribution is -2.19. The molecule has 0 N–H and O–H groups in total. The molecule has 3 heteroatoms. The van der Waals surface area contributed by atoms with E-state index in [-0.39, 0.29) is 5.41 Å². The van der Waals surface area contributed by atoms with Gasteiger partial charge in [0.25, 0.3) is 0 Å². The summed E-state index contributed by atoms with van der Waals surface area (Å²) >= 11 is 0. The number of hydrogen-bond donors (Lipinski definition) is 0. The predicted octanol–water partition coefficient (Wildman–Crippen LogP) is 10.0. The molecule has 0 unspecified atom stereocenters. The van der Waals surface area contributed by atoms with E-state index in [1.807, 2.05) is 0 Å². The molecule has 0 fully saturated rings. The second-order valence-electron chi connectivity index (χ2n) is 11.1. The summed E-state index contributed by atoms with van der Waals surface area (Å²) in [7, 11) is 0. The largest absolute Gasteiger partial charge is 0.208 e. The van der Waals surface area contributed by atoms with E-state index < -0.39 is 0 Å². The van der Waals surface area contributed by atoms with Gasteiger partial charge in [-0.1, -0.05) is 133 Å². The van der Waals surface area contributed by atoms with Crippen LogP contribution < -0.4 is 0 Å². The van der Waals surface area contributed by atoms with E-state index in [2.05, 4.69) is 107 Å². The first-order valence-corrected chi connectivity index (χ1v) is 15.0. The van der Waals surface area contributed by atoms with E-state index in [0.717, 1.165) is 66.3 Å². The van der Waals surface area contributed by atoms with Gasteiger partial charge in [0.15, 0.2) is 17.5 Å². The SMILES string of the molecule is CCCCCCc1ccc(-c2nc(-c3ccc(CCC)cc3)nc(-c3ccc(C(C)(CC)CC)cc3)n2)cc1. The highest BCUT2D eigenvalue weighted by Gasteiger charge is 2.22. The molecule has 0 radical (unpaired) electrons. The summed E-state index contributed by atoms with van der Waals surface area (Å²) in [5.41, 5.74) is 7.35. The highest BCUT2D eigenvalue weighted by molar-refractivity contribution is 5.67. The third-order valence-corrected chi connectivity index (χ3v) is 8.32. The summed E-state index contributed by atoms with van der Waals surface area (Å²) in [6.45, 7) is 11.3. The maximum absolute atomic E-state index is 4.97. The monoisotopic (exact) mass is 519 g/mol. The van der Waals surface area contributed by atoms with Gasteiger partial charge in [-0.25, -0.2) is 15.0 Å². The van der Waals surface area contributed by atoms with Crippen molar-refractivity contribution in [3.63, 3.8) is 0 Å². The Labute approximate surface area is 236 Å². The fraction of sp³-hybridized carbons (Fsp3) is 0.417. The predicted molar refractivity (Wildman–Crippen MR) is 166 cm³/mol. The van der Waals surface area contributed by atoms with E-state index in [1.54, 1.807) is 0 Å². The lowest BCUT2D eigenvalue weighted by atomic mass is 9.78. The number of aryl methyl sites for hydroxylation is 2. The van der Waals surface area contributed by atoms with Crippen LogP contribution in [0.25, 0.3) is 34.2 Å². The number of unbranched alkanes of at least 4 members (excludes halogenated alkanes) is 3. The van der Waals surface area contributed by atoms with Crippen LogP contribution in [0, 0.1) is 0 Å². The van der Waals surface area contributed by atoms with Gasteiger partial charge in [0.05, 0.1) is 0 Å². The van der Waals surface area contributed by atoms with Gasteiger partial charge >= 0.3 is 0 Å². The molecule has 1 heterocycles. The van der Waals surface area contributed by atoms with Crippen LogP contribution in [0.4, 0.5) is 0 Å². The zero-order chi connectivity index (χ0) is 27.7. The molecule has 204 valence electrons. The molecule has 4 aromatic rings. The second kappa shape index (κ2) is 13.6. The van der Waals surface area contributed by atoms with Crippen molar-refractivity contribution in [3.05, 3.63) is 89.5 Å². The van der Waals surface area contributed by atoms with E-state index in [0.29, 0.717) is 0 Å². The molecule has 0 aliphatic heterocycles. The van der Waals surface area contributed by atoms with Gasteiger partial charge in [0, 0.05) is 16.7 Å². The minimum atomic E-state index is 0.187. The Morgan fingerprint density at radius 3 is 1.33 bits per heavy atom. The Bertz CT molecular complexity index is 1300. The van der Waals surface area contributed by atoms with Crippen LogP contribution in [0.1, 0.15) is 96.3 Å². The normalized spacial score (nSPS) is 11.6. The van der Waals surface area contributed by atoms with Crippen LogP contribution in [-0.2, 0) is 18.3 Å².